The molecule has 0 aromatic heterocycles. The van der Waals surface area contributed by atoms with E-state index in [4.69, 9.17) is 9.73 Å². The van der Waals surface area contributed by atoms with Crippen LogP contribution in [0.2, 0.25) is 0 Å². The minimum Gasteiger partial charge on any atom is -0.378 e. The molecule has 10 heteroatoms. The molecule has 0 saturated carbocycles. The summed E-state index contributed by atoms with van der Waals surface area (Å²) in [6, 6.07) is 27.3. The zero-order valence-electron chi connectivity index (χ0n) is 27.1. The summed E-state index contributed by atoms with van der Waals surface area (Å²) >= 11 is 0. The van der Waals surface area contributed by atoms with Crippen LogP contribution < -0.4 is 5.32 Å². The fourth-order valence-electron chi connectivity index (χ4n) is 7.25. The van der Waals surface area contributed by atoms with Gasteiger partial charge in [0.25, 0.3) is 5.69 Å². The molecule has 2 atom stereocenters. The Morgan fingerprint density at radius 1 is 1.00 bits per heavy atom. The number of ether oxygens (including phenoxy) is 1. The summed E-state index contributed by atoms with van der Waals surface area (Å²) in [5, 5.41) is 14.3. The molecule has 10 nitrogen and oxygen atoms in total. The second-order valence-electron chi connectivity index (χ2n) is 12.1. The predicted octanol–water partition coefficient (Wildman–Crippen LogP) is 5.45. The summed E-state index contributed by atoms with van der Waals surface area (Å²) in [5.41, 5.74) is 5.34. The Balaban J connectivity index is 1.36. The Morgan fingerprint density at radius 3 is 2.13 bits per heavy atom. The number of benzene rings is 3. The van der Waals surface area contributed by atoms with E-state index in [2.05, 4.69) is 70.9 Å². The average molecular weight is 638 g/mol. The molecule has 2 aliphatic rings. The van der Waals surface area contributed by atoms with Crippen LogP contribution in [0.15, 0.2) is 101 Å². The maximum absolute atomic E-state index is 12.8. The molecule has 47 heavy (non-hydrogen) atoms. The molecule has 5 rings (SSSR count). The number of non-ortho nitro benzene ring substituents is 1. The first kappa shape index (κ1) is 33.7. The first-order valence-electron chi connectivity index (χ1n) is 16.2. The first-order valence-corrected chi connectivity index (χ1v) is 16.2. The first-order chi connectivity index (χ1) is 22.9. The minimum atomic E-state index is -0.525. The molecule has 246 valence electrons. The number of hydrogen-bond acceptors (Lipinski definition) is 7. The van der Waals surface area contributed by atoms with E-state index in [9.17, 15) is 19.7 Å². The molecule has 0 spiro atoms. The largest absolute Gasteiger partial charge is 0.378 e. The maximum Gasteiger partial charge on any atom is 0.269 e. The Labute approximate surface area is 276 Å². The van der Waals surface area contributed by atoms with Gasteiger partial charge in [-0.25, -0.2) is 0 Å². The maximum atomic E-state index is 12.8. The van der Waals surface area contributed by atoms with E-state index in [0.29, 0.717) is 30.8 Å². The predicted molar refractivity (Wildman–Crippen MR) is 182 cm³/mol. The van der Waals surface area contributed by atoms with Crippen molar-refractivity contribution in [2.45, 2.75) is 50.0 Å². The highest BCUT2D eigenvalue weighted by Gasteiger charge is 2.39. The Morgan fingerprint density at radius 2 is 1.62 bits per heavy atom. The van der Waals surface area contributed by atoms with E-state index in [1.54, 1.807) is 24.1 Å². The summed E-state index contributed by atoms with van der Waals surface area (Å²) in [4.78, 5) is 44.5. The van der Waals surface area contributed by atoms with Crippen molar-refractivity contribution in [3.63, 3.8) is 0 Å². The fourth-order valence-corrected chi connectivity index (χ4v) is 7.25. The number of piperidine rings is 1. The number of nitrogens with one attached hydrogen (secondary N) is 1. The molecule has 2 unspecified atom stereocenters. The van der Waals surface area contributed by atoms with Gasteiger partial charge in [-0.05, 0) is 62.0 Å². The average Bonchev–Trinajstić information content (AvgIpc) is 3.12. The van der Waals surface area contributed by atoms with Gasteiger partial charge in [-0.15, -0.1) is 0 Å². The van der Waals surface area contributed by atoms with Crippen molar-refractivity contribution in [3.05, 3.63) is 123 Å². The van der Waals surface area contributed by atoms with Crippen LogP contribution in [0, 0.1) is 10.1 Å². The van der Waals surface area contributed by atoms with E-state index in [-0.39, 0.29) is 17.7 Å². The number of nitro benzene ring substituents is 1. The summed E-state index contributed by atoms with van der Waals surface area (Å²) in [6.45, 7) is 5.26. The topological polar surface area (TPSA) is 117 Å². The molecule has 2 amide bonds. The van der Waals surface area contributed by atoms with Crippen molar-refractivity contribution in [1.82, 2.24) is 15.1 Å². The molecule has 3 aromatic carbocycles. The zero-order chi connectivity index (χ0) is 33.2. The van der Waals surface area contributed by atoms with E-state index >= 15 is 0 Å². The Kier molecular flexibility index (Phi) is 11.3. The number of rotatable bonds is 15. The molecule has 2 heterocycles. The lowest BCUT2D eigenvalue weighted by Gasteiger charge is -2.43. The highest BCUT2D eigenvalue weighted by molar-refractivity contribution is 5.94. The second-order valence-corrected chi connectivity index (χ2v) is 12.1. The lowest BCUT2D eigenvalue weighted by molar-refractivity contribution is -0.384. The number of nitro groups is 1. The number of amides is 2. The van der Waals surface area contributed by atoms with Gasteiger partial charge in [0, 0.05) is 36.9 Å². The van der Waals surface area contributed by atoms with Gasteiger partial charge in [-0.2, -0.15) is 0 Å². The zero-order valence-corrected chi connectivity index (χ0v) is 27.1. The summed E-state index contributed by atoms with van der Waals surface area (Å²) < 4.78 is 5.53. The van der Waals surface area contributed by atoms with Crippen molar-refractivity contribution in [2.24, 2.45) is 4.99 Å². The number of carbonyl (C=O) groups excluding carboxylic acids is 2. The standard InChI is InChI=1S/C37H43N5O5/c1-3-32-35(38-26-43)34(28-15-17-31(18-16-28)42(45)46)36(33(39-32)25-47-2)41(27-44)22-10-21-40-23-19-37(20-24-40,29-11-6-4-7-12-29)30-13-8-5-9-14-30/h4-9,11-18,26-27,34-35H,3,10,19-25H2,1-2H3,(H,38,43). The van der Waals surface area contributed by atoms with Crippen molar-refractivity contribution in [1.29, 1.82) is 0 Å². The Bertz CT molecular complexity index is 1530. The van der Waals surface area contributed by atoms with E-state index in [1.165, 1.54) is 23.3 Å². The number of hydrogen-bond donors (Lipinski definition) is 1. The highest BCUT2D eigenvalue weighted by Crippen LogP contribution is 2.42. The number of nitrogens with zero attached hydrogens (tertiary/aromatic N) is 4. The molecule has 0 radical (unpaired) electrons. The minimum absolute atomic E-state index is 0.0335. The third-order valence-electron chi connectivity index (χ3n) is 9.59. The smallest absolute Gasteiger partial charge is 0.269 e. The molecule has 1 N–H and O–H groups in total. The van der Waals surface area contributed by atoms with Crippen molar-refractivity contribution in [2.75, 3.05) is 39.9 Å². The van der Waals surface area contributed by atoms with Crippen LogP contribution in [0.1, 0.15) is 55.2 Å². The van der Waals surface area contributed by atoms with Crippen molar-refractivity contribution < 1.29 is 19.2 Å². The van der Waals surface area contributed by atoms with Crippen LogP contribution in [0.3, 0.4) is 0 Å². The van der Waals surface area contributed by atoms with Gasteiger partial charge in [-0.3, -0.25) is 24.7 Å². The normalized spacial score (nSPS) is 19.5. The van der Waals surface area contributed by atoms with Crippen molar-refractivity contribution >= 4 is 24.2 Å². The van der Waals surface area contributed by atoms with E-state index in [0.717, 1.165) is 56.6 Å². The van der Waals surface area contributed by atoms with Crippen LogP contribution in [-0.4, -0.2) is 79.2 Å². The van der Waals surface area contributed by atoms with Gasteiger partial charge in [0.05, 0.1) is 34.9 Å². The SMILES string of the molecule is CCC1=NC(COC)=C(N(C=O)CCCN2CCC(c3ccccc3)(c3ccccc3)CC2)C(c2ccc([N+](=O)[O-])cc2)C1NC=O. The summed E-state index contributed by atoms with van der Waals surface area (Å²) in [6.07, 6.45) is 4.75. The van der Waals surface area contributed by atoms with Crippen LogP contribution >= 0.6 is 0 Å². The van der Waals surface area contributed by atoms with E-state index < -0.39 is 16.9 Å². The molecular formula is C37H43N5O5. The summed E-state index contributed by atoms with van der Waals surface area (Å²) in [7, 11) is 1.58. The lowest BCUT2D eigenvalue weighted by atomic mass is 9.68. The van der Waals surface area contributed by atoms with Crippen molar-refractivity contribution in [3.8, 4) is 0 Å². The highest BCUT2D eigenvalue weighted by atomic mass is 16.6. The Hall–Kier alpha value is -4.67. The van der Waals surface area contributed by atoms with Gasteiger partial charge in [0.1, 0.15) is 0 Å². The number of likely N-dealkylation sites (tertiary alicyclic amines) is 1. The number of aliphatic imine (C=N–C) groups is 1. The molecule has 0 bridgehead atoms. The fraction of sp³-hybridized carbons (Fsp3) is 0.378. The molecule has 3 aromatic rings. The third kappa shape index (κ3) is 7.34. The molecule has 1 saturated heterocycles. The van der Waals surface area contributed by atoms with Gasteiger partial charge >= 0.3 is 0 Å². The monoisotopic (exact) mass is 637 g/mol. The van der Waals surface area contributed by atoms with Crippen LogP contribution in [0.5, 0.6) is 0 Å². The van der Waals surface area contributed by atoms with Gasteiger partial charge in [-0.1, -0.05) is 79.7 Å². The van der Waals surface area contributed by atoms with Gasteiger partial charge in [0.15, 0.2) is 0 Å². The quantitative estimate of drug-likeness (QED) is 0.135. The molecule has 2 aliphatic heterocycles. The molecule has 0 aliphatic carbocycles. The van der Waals surface area contributed by atoms with Crippen LogP contribution in [0.25, 0.3) is 0 Å². The van der Waals surface area contributed by atoms with Crippen LogP contribution in [0.4, 0.5) is 5.69 Å². The lowest BCUT2D eigenvalue weighted by Crippen LogP contribution is -2.47. The molecular weight excluding hydrogens is 594 g/mol. The summed E-state index contributed by atoms with van der Waals surface area (Å²) in [5.74, 6) is -0.490. The van der Waals surface area contributed by atoms with E-state index in [1.807, 2.05) is 6.92 Å². The molecule has 1 fully saturated rings. The number of carbonyl (C=O) groups is 2. The van der Waals surface area contributed by atoms with Crippen LogP contribution in [-0.2, 0) is 19.7 Å². The van der Waals surface area contributed by atoms with Gasteiger partial charge < -0.3 is 19.9 Å². The second kappa shape index (κ2) is 15.8. The third-order valence-corrected chi connectivity index (χ3v) is 9.59. The van der Waals surface area contributed by atoms with Gasteiger partial charge in [0.2, 0.25) is 12.8 Å². The number of methoxy groups -OCH3 is 1.